The number of piperidine rings is 1. The Morgan fingerprint density at radius 1 is 1.28 bits per heavy atom. The van der Waals surface area contributed by atoms with E-state index >= 15 is 0 Å². The van der Waals surface area contributed by atoms with Crippen LogP contribution < -0.4 is 5.56 Å². The van der Waals surface area contributed by atoms with Gasteiger partial charge in [0.2, 0.25) is 0 Å². The van der Waals surface area contributed by atoms with Crippen LogP contribution in [0.25, 0.3) is 0 Å². The number of likely N-dealkylation sites (tertiary alicyclic amines) is 1. The SMILES string of the molecule is Cc1c([C@H]2CCCN(C(=O)c3cccnc3)C2)n2c(nc1=O)CCC2. The quantitative estimate of drug-likeness (QED) is 0.839. The van der Waals surface area contributed by atoms with Crippen LogP contribution in [0.5, 0.6) is 0 Å². The van der Waals surface area contributed by atoms with Crippen LogP contribution in [-0.4, -0.2) is 38.4 Å². The highest BCUT2D eigenvalue weighted by Gasteiger charge is 2.30. The molecule has 25 heavy (non-hydrogen) atoms. The first-order valence-corrected chi connectivity index (χ1v) is 8.94. The fourth-order valence-electron chi connectivity index (χ4n) is 4.13. The van der Waals surface area contributed by atoms with Crippen molar-refractivity contribution in [1.29, 1.82) is 0 Å². The predicted octanol–water partition coefficient (Wildman–Crippen LogP) is 1.91. The first kappa shape index (κ1) is 16.0. The fraction of sp³-hybridized carbons (Fsp3) is 0.474. The van der Waals surface area contributed by atoms with Crippen molar-refractivity contribution in [3.63, 3.8) is 0 Å². The van der Waals surface area contributed by atoms with E-state index in [1.54, 1.807) is 24.5 Å². The number of hydrogen-bond donors (Lipinski definition) is 0. The average molecular weight is 338 g/mol. The number of carbonyl (C=O) groups excluding carboxylic acids is 1. The molecule has 6 heteroatoms. The van der Waals surface area contributed by atoms with Gasteiger partial charge in [0.25, 0.3) is 11.5 Å². The van der Waals surface area contributed by atoms with Gasteiger partial charge in [-0.15, -0.1) is 0 Å². The summed E-state index contributed by atoms with van der Waals surface area (Å²) in [4.78, 5) is 35.2. The van der Waals surface area contributed by atoms with Crippen molar-refractivity contribution in [2.45, 2.75) is 45.1 Å². The van der Waals surface area contributed by atoms with E-state index in [1.807, 2.05) is 11.8 Å². The zero-order chi connectivity index (χ0) is 17.4. The third-order valence-corrected chi connectivity index (χ3v) is 5.32. The highest BCUT2D eigenvalue weighted by atomic mass is 16.2. The minimum atomic E-state index is -0.112. The molecule has 1 atom stereocenters. The van der Waals surface area contributed by atoms with Crippen LogP contribution in [0.2, 0.25) is 0 Å². The second-order valence-electron chi connectivity index (χ2n) is 6.93. The van der Waals surface area contributed by atoms with Gasteiger partial charge in [0, 0.05) is 55.6 Å². The zero-order valence-corrected chi connectivity index (χ0v) is 14.4. The lowest BCUT2D eigenvalue weighted by molar-refractivity contribution is 0.0703. The second-order valence-corrected chi connectivity index (χ2v) is 6.93. The maximum atomic E-state index is 12.8. The summed E-state index contributed by atoms with van der Waals surface area (Å²) in [5.41, 5.74) is 2.35. The highest BCUT2D eigenvalue weighted by Crippen LogP contribution is 2.31. The van der Waals surface area contributed by atoms with Crippen LogP contribution in [0.1, 0.15) is 52.6 Å². The van der Waals surface area contributed by atoms with Crippen LogP contribution in [0.3, 0.4) is 0 Å². The Kier molecular flexibility index (Phi) is 4.11. The monoisotopic (exact) mass is 338 g/mol. The molecule has 0 saturated carbocycles. The summed E-state index contributed by atoms with van der Waals surface area (Å²) in [6.45, 7) is 4.20. The van der Waals surface area contributed by atoms with Crippen molar-refractivity contribution in [2.75, 3.05) is 13.1 Å². The lowest BCUT2D eigenvalue weighted by Gasteiger charge is -2.34. The van der Waals surface area contributed by atoms with Gasteiger partial charge >= 0.3 is 0 Å². The van der Waals surface area contributed by atoms with Gasteiger partial charge in [0.1, 0.15) is 5.82 Å². The molecule has 2 aliphatic rings. The molecule has 2 aromatic heterocycles. The summed E-state index contributed by atoms with van der Waals surface area (Å²) in [6.07, 6.45) is 7.14. The molecule has 0 unspecified atom stereocenters. The van der Waals surface area contributed by atoms with Crippen molar-refractivity contribution >= 4 is 5.91 Å². The summed E-state index contributed by atoms with van der Waals surface area (Å²) < 4.78 is 2.22. The summed E-state index contributed by atoms with van der Waals surface area (Å²) >= 11 is 0. The van der Waals surface area contributed by atoms with Crippen molar-refractivity contribution in [3.05, 3.63) is 57.5 Å². The number of aryl methyl sites for hydroxylation is 1. The summed E-state index contributed by atoms with van der Waals surface area (Å²) in [6, 6.07) is 3.59. The Morgan fingerprint density at radius 2 is 2.16 bits per heavy atom. The van der Waals surface area contributed by atoms with E-state index in [9.17, 15) is 9.59 Å². The summed E-state index contributed by atoms with van der Waals surface area (Å²) in [5, 5.41) is 0. The Morgan fingerprint density at radius 3 is 2.96 bits per heavy atom. The normalized spacial score (nSPS) is 19.7. The smallest absolute Gasteiger partial charge is 0.276 e. The first-order valence-electron chi connectivity index (χ1n) is 8.94. The molecule has 4 rings (SSSR count). The van der Waals surface area contributed by atoms with E-state index in [0.717, 1.165) is 55.9 Å². The van der Waals surface area contributed by atoms with Gasteiger partial charge in [-0.3, -0.25) is 14.6 Å². The topological polar surface area (TPSA) is 68.1 Å². The van der Waals surface area contributed by atoms with Gasteiger partial charge in [-0.2, -0.15) is 4.98 Å². The van der Waals surface area contributed by atoms with Crippen molar-refractivity contribution < 1.29 is 4.79 Å². The van der Waals surface area contributed by atoms with Crippen LogP contribution in [0, 0.1) is 6.92 Å². The maximum absolute atomic E-state index is 12.8. The molecular weight excluding hydrogens is 316 g/mol. The first-order chi connectivity index (χ1) is 12.1. The van der Waals surface area contributed by atoms with Crippen molar-refractivity contribution in [1.82, 2.24) is 19.4 Å². The molecule has 1 fully saturated rings. The standard InChI is InChI=1S/C19H22N4O2/c1-13-17(23-10-4-7-16(23)21-18(13)24)15-6-3-9-22(12-15)19(25)14-5-2-8-20-11-14/h2,5,8,11,15H,3-4,6-7,9-10,12H2,1H3/t15-/m0/s1. The number of aromatic nitrogens is 3. The minimum Gasteiger partial charge on any atom is -0.338 e. The predicted molar refractivity (Wildman–Crippen MR) is 93.7 cm³/mol. The number of rotatable bonds is 2. The van der Waals surface area contributed by atoms with Gasteiger partial charge in [0.05, 0.1) is 5.56 Å². The molecule has 130 valence electrons. The summed E-state index contributed by atoms with van der Waals surface area (Å²) in [5.74, 6) is 1.12. The van der Waals surface area contributed by atoms with E-state index in [1.165, 1.54) is 0 Å². The average Bonchev–Trinajstić information content (AvgIpc) is 3.10. The Balaban J connectivity index is 1.65. The number of nitrogens with zero attached hydrogens (tertiary/aromatic N) is 4. The molecule has 0 aromatic carbocycles. The summed E-state index contributed by atoms with van der Waals surface area (Å²) in [7, 11) is 0. The van der Waals surface area contributed by atoms with Gasteiger partial charge in [0.15, 0.2) is 0 Å². The van der Waals surface area contributed by atoms with Crippen LogP contribution in [0.15, 0.2) is 29.3 Å². The highest BCUT2D eigenvalue weighted by molar-refractivity contribution is 5.94. The third kappa shape index (κ3) is 2.86. The fourth-order valence-corrected chi connectivity index (χ4v) is 4.13. The number of hydrogen-bond acceptors (Lipinski definition) is 4. The molecule has 4 heterocycles. The van der Waals surface area contributed by atoms with E-state index < -0.39 is 0 Å². The molecule has 2 aromatic rings. The third-order valence-electron chi connectivity index (χ3n) is 5.32. The molecule has 0 aliphatic carbocycles. The molecular formula is C19H22N4O2. The van der Waals surface area contributed by atoms with Gasteiger partial charge in [-0.25, -0.2) is 0 Å². The molecule has 2 aliphatic heterocycles. The number of fused-ring (bicyclic) bond motifs is 1. The maximum Gasteiger partial charge on any atom is 0.276 e. The molecule has 0 spiro atoms. The largest absolute Gasteiger partial charge is 0.338 e. The van der Waals surface area contributed by atoms with E-state index in [0.29, 0.717) is 12.1 Å². The molecule has 1 saturated heterocycles. The van der Waals surface area contributed by atoms with Crippen LogP contribution >= 0.6 is 0 Å². The number of amides is 1. The van der Waals surface area contributed by atoms with Crippen molar-refractivity contribution in [2.24, 2.45) is 0 Å². The van der Waals surface area contributed by atoms with Gasteiger partial charge in [-0.05, 0) is 38.3 Å². The zero-order valence-electron chi connectivity index (χ0n) is 14.4. The van der Waals surface area contributed by atoms with Crippen LogP contribution in [0.4, 0.5) is 0 Å². The van der Waals surface area contributed by atoms with Gasteiger partial charge < -0.3 is 9.47 Å². The van der Waals surface area contributed by atoms with Gasteiger partial charge in [-0.1, -0.05) is 0 Å². The molecule has 0 radical (unpaired) electrons. The van der Waals surface area contributed by atoms with E-state index in [4.69, 9.17) is 0 Å². The minimum absolute atomic E-state index is 0.0218. The molecule has 1 amide bonds. The molecule has 6 nitrogen and oxygen atoms in total. The molecule has 0 N–H and O–H groups in total. The Hall–Kier alpha value is -2.50. The second kappa shape index (κ2) is 6.43. The van der Waals surface area contributed by atoms with Crippen LogP contribution in [-0.2, 0) is 13.0 Å². The lowest BCUT2D eigenvalue weighted by atomic mass is 9.91. The Bertz CT molecular complexity index is 860. The molecule has 0 bridgehead atoms. The Labute approximate surface area is 146 Å². The lowest BCUT2D eigenvalue weighted by Crippen LogP contribution is -2.40. The van der Waals surface area contributed by atoms with Crippen molar-refractivity contribution in [3.8, 4) is 0 Å². The number of carbonyl (C=O) groups is 1. The number of pyridine rings is 1. The van der Waals surface area contributed by atoms with E-state index in [2.05, 4.69) is 14.5 Å². The van der Waals surface area contributed by atoms with E-state index in [-0.39, 0.29) is 17.4 Å².